The minimum Gasteiger partial charge on any atom is -0.490 e. The number of rotatable bonds is 6. The Labute approximate surface area is 154 Å². The summed E-state index contributed by atoms with van der Waals surface area (Å²) in [6.45, 7) is 4.01. The van der Waals surface area contributed by atoms with E-state index in [1.807, 2.05) is 0 Å². The van der Waals surface area contributed by atoms with Gasteiger partial charge in [-0.1, -0.05) is 0 Å². The van der Waals surface area contributed by atoms with E-state index in [-0.39, 0.29) is 28.9 Å². The van der Waals surface area contributed by atoms with Crippen LogP contribution in [0.15, 0.2) is 23.1 Å². The van der Waals surface area contributed by atoms with Gasteiger partial charge in [0.05, 0.1) is 28.9 Å². The van der Waals surface area contributed by atoms with Gasteiger partial charge in [-0.2, -0.15) is 8.42 Å². The molecule has 1 heterocycles. The van der Waals surface area contributed by atoms with E-state index in [2.05, 4.69) is 0 Å². The van der Waals surface area contributed by atoms with Gasteiger partial charge >= 0.3 is 0 Å². The highest BCUT2D eigenvalue weighted by Gasteiger charge is 2.31. The Kier molecular flexibility index (Phi) is 5.99. The van der Waals surface area contributed by atoms with Gasteiger partial charge in [-0.15, -0.1) is 0 Å². The second-order valence-electron chi connectivity index (χ2n) is 6.56. The summed E-state index contributed by atoms with van der Waals surface area (Å²) in [6.07, 6.45) is 1.59. The van der Waals surface area contributed by atoms with Crippen LogP contribution in [0.3, 0.4) is 0 Å². The summed E-state index contributed by atoms with van der Waals surface area (Å²) in [7, 11) is -7.11. The Morgan fingerprint density at radius 2 is 1.85 bits per heavy atom. The number of ether oxygens (including phenoxy) is 1. The van der Waals surface area contributed by atoms with Crippen molar-refractivity contribution in [1.82, 2.24) is 4.90 Å². The smallest absolute Gasteiger partial charge is 0.264 e. The topological polar surface area (TPSA) is 107 Å². The molecule has 0 saturated carbocycles. The number of likely N-dealkylation sites (tertiary alicyclic amines) is 1. The van der Waals surface area contributed by atoms with Gasteiger partial charge in [0.1, 0.15) is 5.75 Å². The molecule has 0 aliphatic carbocycles. The standard InChI is InChI=1S/C16H23NO7S2/c1-11(2)23-15-6-5-13(25(3,19)20)9-14(15)16(18)17-8-7-12(10-17)24-26(4,21)22/h5-6,9,11-12H,7-8,10H2,1-4H3. The van der Waals surface area contributed by atoms with E-state index in [4.69, 9.17) is 8.92 Å². The van der Waals surface area contributed by atoms with E-state index in [1.54, 1.807) is 13.8 Å². The van der Waals surface area contributed by atoms with Gasteiger partial charge < -0.3 is 9.64 Å². The van der Waals surface area contributed by atoms with E-state index in [0.29, 0.717) is 13.0 Å². The molecule has 8 nitrogen and oxygen atoms in total. The molecule has 0 radical (unpaired) electrons. The lowest BCUT2D eigenvalue weighted by atomic mass is 10.1. The van der Waals surface area contributed by atoms with Gasteiger partial charge in [0, 0.05) is 19.3 Å². The lowest BCUT2D eigenvalue weighted by Gasteiger charge is -2.20. The van der Waals surface area contributed by atoms with Crippen molar-refractivity contribution in [2.75, 3.05) is 25.6 Å². The maximum Gasteiger partial charge on any atom is 0.264 e. The SMILES string of the molecule is CC(C)Oc1ccc(S(C)(=O)=O)cc1C(=O)N1CCC(OS(C)(=O)=O)C1. The Bertz CT molecular complexity index is 891. The number of hydrogen-bond acceptors (Lipinski definition) is 7. The third-order valence-electron chi connectivity index (χ3n) is 3.72. The molecule has 1 fully saturated rings. The predicted octanol–water partition coefficient (Wildman–Crippen LogP) is 1.07. The van der Waals surface area contributed by atoms with Gasteiger partial charge in [0.2, 0.25) is 0 Å². The van der Waals surface area contributed by atoms with Crippen LogP contribution in [0, 0.1) is 0 Å². The molecule has 26 heavy (non-hydrogen) atoms. The van der Waals surface area contributed by atoms with Crippen LogP contribution >= 0.6 is 0 Å². The summed E-state index contributed by atoms with van der Waals surface area (Å²) < 4.78 is 56.7. The lowest BCUT2D eigenvalue weighted by molar-refractivity contribution is 0.0767. The molecule has 1 aromatic carbocycles. The predicted molar refractivity (Wildman–Crippen MR) is 95.6 cm³/mol. The Morgan fingerprint density at radius 1 is 1.19 bits per heavy atom. The van der Waals surface area contributed by atoms with Crippen LogP contribution in [0.25, 0.3) is 0 Å². The normalized spacial score (nSPS) is 18.3. The fraction of sp³-hybridized carbons (Fsp3) is 0.562. The zero-order valence-corrected chi connectivity index (χ0v) is 16.8. The first-order valence-corrected chi connectivity index (χ1v) is 11.8. The maximum atomic E-state index is 12.9. The van der Waals surface area contributed by atoms with Crippen LogP contribution in [0.2, 0.25) is 0 Å². The van der Waals surface area contributed by atoms with Crippen LogP contribution < -0.4 is 4.74 Å². The fourth-order valence-electron chi connectivity index (χ4n) is 2.67. The molecule has 146 valence electrons. The summed E-state index contributed by atoms with van der Waals surface area (Å²) in [5, 5.41) is 0. The third kappa shape index (κ3) is 5.42. The van der Waals surface area contributed by atoms with E-state index >= 15 is 0 Å². The Balaban J connectivity index is 2.31. The molecule has 2 rings (SSSR count). The molecule has 1 aromatic rings. The van der Waals surface area contributed by atoms with Gasteiger partial charge in [-0.05, 0) is 38.5 Å². The van der Waals surface area contributed by atoms with Crippen LogP contribution in [-0.4, -0.2) is 65.5 Å². The molecule has 1 unspecified atom stereocenters. The number of sulfone groups is 1. The van der Waals surface area contributed by atoms with Gasteiger partial charge in [-0.3, -0.25) is 8.98 Å². The van der Waals surface area contributed by atoms with Crippen molar-refractivity contribution in [3.8, 4) is 5.75 Å². The molecule has 1 aliphatic heterocycles. The number of carbonyl (C=O) groups excluding carboxylic acids is 1. The molecule has 0 N–H and O–H groups in total. The maximum absolute atomic E-state index is 12.9. The third-order valence-corrected chi connectivity index (χ3v) is 5.45. The van der Waals surface area contributed by atoms with Crippen molar-refractivity contribution < 1.29 is 30.6 Å². The number of amides is 1. The first-order chi connectivity index (χ1) is 11.9. The Morgan fingerprint density at radius 3 is 2.38 bits per heavy atom. The van der Waals surface area contributed by atoms with E-state index in [1.165, 1.54) is 23.1 Å². The summed E-state index contributed by atoms with van der Waals surface area (Å²) in [5.41, 5.74) is 0.127. The molecule has 1 amide bonds. The van der Waals surface area contributed by atoms with Crippen molar-refractivity contribution in [1.29, 1.82) is 0 Å². The van der Waals surface area contributed by atoms with Crippen molar-refractivity contribution in [3.05, 3.63) is 23.8 Å². The quantitative estimate of drug-likeness (QED) is 0.652. The number of nitrogens with zero attached hydrogens (tertiary/aromatic N) is 1. The molecule has 0 aromatic heterocycles. The van der Waals surface area contributed by atoms with E-state index in [0.717, 1.165) is 12.5 Å². The molecular weight excluding hydrogens is 382 g/mol. The number of carbonyl (C=O) groups is 1. The molecule has 1 aliphatic rings. The van der Waals surface area contributed by atoms with Crippen molar-refractivity contribution in [3.63, 3.8) is 0 Å². The minimum absolute atomic E-state index is 0.0140. The van der Waals surface area contributed by atoms with Crippen molar-refractivity contribution >= 4 is 25.9 Å². The average Bonchev–Trinajstić information content (AvgIpc) is 2.91. The fourth-order valence-corrected chi connectivity index (χ4v) is 3.97. The summed E-state index contributed by atoms with van der Waals surface area (Å²) in [5.74, 6) is -0.143. The molecule has 1 atom stereocenters. The highest BCUT2D eigenvalue weighted by molar-refractivity contribution is 7.90. The molecule has 0 spiro atoms. The molecular formula is C16H23NO7S2. The first kappa shape index (κ1) is 20.7. The second-order valence-corrected chi connectivity index (χ2v) is 10.2. The minimum atomic E-state index is -3.61. The number of benzene rings is 1. The van der Waals surface area contributed by atoms with Crippen molar-refractivity contribution in [2.24, 2.45) is 0 Å². The summed E-state index contributed by atoms with van der Waals surface area (Å²) in [6, 6.07) is 4.15. The summed E-state index contributed by atoms with van der Waals surface area (Å²) in [4.78, 5) is 14.3. The molecule has 0 bridgehead atoms. The van der Waals surface area contributed by atoms with Crippen LogP contribution in [0.1, 0.15) is 30.6 Å². The first-order valence-electron chi connectivity index (χ1n) is 8.05. The highest BCUT2D eigenvalue weighted by Crippen LogP contribution is 2.27. The number of hydrogen-bond donors (Lipinski definition) is 0. The van der Waals surface area contributed by atoms with E-state index in [9.17, 15) is 21.6 Å². The van der Waals surface area contributed by atoms with Crippen LogP contribution in [0.5, 0.6) is 5.75 Å². The van der Waals surface area contributed by atoms with Crippen LogP contribution in [0.4, 0.5) is 0 Å². The average molecular weight is 405 g/mol. The van der Waals surface area contributed by atoms with Crippen LogP contribution in [-0.2, 0) is 24.1 Å². The van der Waals surface area contributed by atoms with Gasteiger partial charge in [0.15, 0.2) is 9.84 Å². The zero-order valence-electron chi connectivity index (χ0n) is 15.1. The lowest BCUT2D eigenvalue weighted by Crippen LogP contribution is -2.31. The second kappa shape index (κ2) is 7.53. The largest absolute Gasteiger partial charge is 0.490 e. The van der Waals surface area contributed by atoms with E-state index < -0.39 is 32.0 Å². The van der Waals surface area contributed by atoms with Crippen molar-refractivity contribution in [2.45, 2.75) is 37.4 Å². The Hall–Kier alpha value is -1.65. The zero-order chi connectivity index (χ0) is 19.7. The monoisotopic (exact) mass is 405 g/mol. The van der Waals surface area contributed by atoms with Gasteiger partial charge in [-0.25, -0.2) is 8.42 Å². The molecule has 10 heteroatoms. The van der Waals surface area contributed by atoms with Gasteiger partial charge in [0.25, 0.3) is 16.0 Å². The highest BCUT2D eigenvalue weighted by atomic mass is 32.2. The molecule has 1 saturated heterocycles. The summed E-state index contributed by atoms with van der Waals surface area (Å²) >= 11 is 0.